The highest BCUT2D eigenvalue weighted by atomic mass is 79.9. The van der Waals surface area contributed by atoms with E-state index < -0.39 is 0 Å². The van der Waals surface area contributed by atoms with Crippen LogP contribution in [-0.2, 0) is 9.59 Å². The fourth-order valence-electron chi connectivity index (χ4n) is 5.94. The van der Waals surface area contributed by atoms with E-state index in [4.69, 9.17) is 0 Å². The highest BCUT2D eigenvalue weighted by molar-refractivity contribution is 9.09. The predicted molar refractivity (Wildman–Crippen MR) is 88.6 cm³/mol. The highest BCUT2D eigenvalue weighted by Crippen LogP contribution is 2.63. The molecule has 0 aromatic rings. The number of ketones is 1. The van der Waals surface area contributed by atoms with Crippen LogP contribution in [0.4, 0.5) is 0 Å². The smallest absolute Gasteiger partial charge is 0.226 e. The molecule has 1 amide bonds. The Morgan fingerprint density at radius 1 is 1.18 bits per heavy atom. The van der Waals surface area contributed by atoms with E-state index in [2.05, 4.69) is 35.1 Å². The summed E-state index contributed by atoms with van der Waals surface area (Å²) in [5.74, 6) is 2.19. The average molecular weight is 366 g/mol. The van der Waals surface area contributed by atoms with Crippen LogP contribution in [0.1, 0.15) is 46.0 Å². The van der Waals surface area contributed by atoms with E-state index in [1.807, 2.05) is 6.08 Å². The monoisotopic (exact) mass is 365 g/mol. The van der Waals surface area contributed by atoms with Gasteiger partial charge in [-0.05, 0) is 60.5 Å². The number of hydrogen-bond acceptors (Lipinski definition) is 2. The fourth-order valence-corrected chi connectivity index (χ4v) is 7.03. The summed E-state index contributed by atoms with van der Waals surface area (Å²) in [6.45, 7) is 5.37. The maximum absolute atomic E-state index is 12.3. The lowest BCUT2D eigenvalue weighted by Crippen LogP contribution is -2.53. The molecule has 120 valence electrons. The Bertz CT molecular complexity index is 586. The molecule has 1 heterocycles. The Balaban J connectivity index is 1.74. The summed E-state index contributed by atoms with van der Waals surface area (Å²) in [4.78, 5) is 24.5. The molecule has 4 heteroatoms. The lowest BCUT2D eigenvalue weighted by atomic mass is 9.47. The third-order valence-corrected chi connectivity index (χ3v) is 8.20. The highest BCUT2D eigenvalue weighted by Gasteiger charge is 2.60. The second-order valence-electron chi connectivity index (χ2n) is 8.23. The van der Waals surface area contributed by atoms with Gasteiger partial charge in [0.1, 0.15) is 0 Å². The number of halogens is 1. The zero-order valence-electron chi connectivity index (χ0n) is 13.3. The SMILES string of the molecule is C[C@]12CCC(=O)C=C1C(Br)C[C@@H]1[C@H]2CC[C@]2(C)C(=O)NC[C@@H]12. The van der Waals surface area contributed by atoms with Crippen molar-refractivity contribution in [1.82, 2.24) is 5.32 Å². The summed E-state index contributed by atoms with van der Waals surface area (Å²) in [7, 11) is 0. The molecule has 1 saturated heterocycles. The molecule has 3 aliphatic carbocycles. The Morgan fingerprint density at radius 3 is 2.73 bits per heavy atom. The second kappa shape index (κ2) is 4.68. The summed E-state index contributed by atoms with van der Waals surface area (Å²) in [6, 6.07) is 0. The van der Waals surface area contributed by atoms with Gasteiger partial charge in [0.25, 0.3) is 0 Å². The standard InChI is InChI=1S/C18H24BrNO2/c1-17-5-3-10(21)7-13(17)15(19)8-11-12(17)4-6-18(2)14(11)9-20-16(18)22/h7,11-12,14-15H,3-6,8-9H2,1-2H3,(H,20,22)/t11-,12-,14+,15?,17-,18+/m1/s1. The van der Waals surface area contributed by atoms with Crippen LogP contribution < -0.4 is 5.32 Å². The van der Waals surface area contributed by atoms with Gasteiger partial charge in [0.15, 0.2) is 5.78 Å². The van der Waals surface area contributed by atoms with Gasteiger partial charge in [-0.25, -0.2) is 0 Å². The number of allylic oxidation sites excluding steroid dienone is 2. The van der Waals surface area contributed by atoms with E-state index >= 15 is 0 Å². The van der Waals surface area contributed by atoms with E-state index in [0.29, 0.717) is 29.0 Å². The third kappa shape index (κ3) is 1.79. The van der Waals surface area contributed by atoms with Crippen molar-refractivity contribution in [3.63, 3.8) is 0 Å². The molecule has 0 bridgehead atoms. The molecule has 0 radical (unpaired) electrons. The fraction of sp³-hybridized carbons (Fsp3) is 0.778. The Kier molecular flexibility index (Phi) is 3.18. The average Bonchev–Trinajstić information content (AvgIpc) is 2.77. The minimum atomic E-state index is -0.171. The van der Waals surface area contributed by atoms with Gasteiger partial charge in [-0.1, -0.05) is 29.8 Å². The van der Waals surface area contributed by atoms with E-state index in [1.165, 1.54) is 5.57 Å². The zero-order chi connectivity index (χ0) is 15.7. The molecule has 0 aromatic carbocycles. The van der Waals surface area contributed by atoms with Crippen LogP contribution >= 0.6 is 15.9 Å². The number of alkyl halides is 1. The number of carbonyl (C=O) groups is 2. The second-order valence-corrected chi connectivity index (χ2v) is 9.34. The molecule has 22 heavy (non-hydrogen) atoms. The summed E-state index contributed by atoms with van der Waals surface area (Å²) in [5, 5.41) is 3.12. The maximum Gasteiger partial charge on any atom is 0.226 e. The van der Waals surface area contributed by atoms with Crippen molar-refractivity contribution >= 4 is 27.6 Å². The van der Waals surface area contributed by atoms with Gasteiger partial charge in [0.05, 0.1) is 5.41 Å². The van der Waals surface area contributed by atoms with E-state index in [1.54, 1.807) is 0 Å². The molecule has 4 rings (SSSR count). The number of fused-ring (bicyclic) bond motifs is 5. The quantitative estimate of drug-likeness (QED) is 0.669. The van der Waals surface area contributed by atoms with E-state index in [0.717, 1.165) is 32.2 Å². The molecular formula is C18H24BrNO2. The van der Waals surface area contributed by atoms with Gasteiger partial charge in [-0.3, -0.25) is 9.59 Å². The zero-order valence-corrected chi connectivity index (χ0v) is 14.9. The first-order valence-electron chi connectivity index (χ1n) is 8.53. The minimum Gasteiger partial charge on any atom is -0.355 e. The van der Waals surface area contributed by atoms with Crippen molar-refractivity contribution in [2.24, 2.45) is 28.6 Å². The van der Waals surface area contributed by atoms with Crippen LogP contribution in [0.3, 0.4) is 0 Å². The molecule has 2 saturated carbocycles. The molecule has 1 N–H and O–H groups in total. The molecule has 1 unspecified atom stereocenters. The van der Waals surface area contributed by atoms with E-state index in [9.17, 15) is 9.59 Å². The van der Waals surface area contributed by atoms with Crippen LogP contribution in [0.15, 0.2) is 11.6 Å². The number of hydrogen-bond donors (Lipinski definition) is 1. The number of rotatable bonds is 0. The Labute approximate surface area is 140 Å². The maximum atomic E-state index is 12.3. The van der Waals surface area contributed by atoms with Gasteiger partial charge in [-0.15, -0.1) is 0 Å². The van der Waals surface area contributed by atoms with Gasteiger partial charge < -0.3 is 5.32 Å². The normalized spacial score (nSPS) is 50.6. The number of carbonyl (C=O) groups excluding carboxylic acids is 2. The number of amides is 1. The summed E-state index contributed by atoms with van der Waals surface area (Å²) >= 11 is 3.86. The molecule has 4 aliphatic rings. The topological polar surface area (TPSA) is 46.2 Å². The molecule has 6 atom stereocenters. The molecular weight excluding hydrogens is 342 g/mol. The van der Waals surface area contributed by atoms with Crippen LogP contribution in [0.25, 0.3) is 0 Å². The first-order valence-corrected chi connectivity index (χ1v) is 9.45. The minimum absolute atomic E-state index is 0.137. The van der Waals surface area contributed by atoms with Crippen molar-refractivity contribution in [3.05, 3.63) is 11.6 Å². The largest absolute Gasteiger partial charge is 0.355 e. The van der Waals surface area contributed by atoms with Gasteiger partial charge in [0.2, 0.25) is 5.91 Å². The number of nitrogens with one attached hydrogen (secondary N) is 1. The van der Waals surface area contributed by atoms with Gasteiger partial charge in [-0.2, -0.15) is 0 Å². The van der Waals surface area contributed by atoms with Crippen molar-refractivity contribution in [2.45, 2.75) is 50.8 Å². The van der Waals surface area contributed by atoms with Crippen LogP contribution in [-0.4, -0.2) is 23.1 Å². The lowest BCUT2D eigenvalue weighted by Gasteiger charge is -2.57. The lowest BCUT2D eigenvalue weighted by molar-refractivity contribution is -0.133. The van der Waals surface area contributed by atoms with Gasteiger partial charge >= 0.3 is 0 Å². The van der Waals surface area contributed by atoms with Gasteiger partial charge in [0, 0.05) is 17.8 Å². The molecule has 3 fully saturated rings. The first-order chi connectivity index (χ1) is 10.4. The molecule has 0 aromatic heterocycles. The van der Waals surface area contributed by atoms with Crippen molar-refractivity contribution < 1.29 is 9.59 Å². The summed E-state index contributed by atoms with van der Waals surface area (Å²) in [5.41, 5.74) is 1.29. The molecule has 0 spiro atoms. The molecule has 1 aliphatic heterocycles. The first kappa shape index (κ1) is 14.9. The molecule has 3 nitrogen and oxygen atoms in total. The summed E-state index contributed by atoms with van der Waals surface area (Å²) in [6.07, 6.45) is 6.76. The Morgan fingerprint density at radius 2 is 1.95 bits per heavy atom. The van der Waals surface area contributed by atoms with Crippen molar-refractivity contribution in [3.8, 4) is 0 Å². The van der Waals surface area contributed by atoms with Crippen LogP contribution in [0.5, 0.6) is 0 Å². The van der Waals surface area contributed by atoms with Crippen molar-refractivity contribution in [1.29, 1.82) is 0 Å². The Hall–Kier alpha value is -0.640. The van der Waals surface area contributed by atoms with Crippen LogP contribution in [0.2, 0.25) is 0 Å². The summed E-state index contributed by atoms with van der Waals surface area (Å²) < 4.78 is 0. The predicted octanol–water partition coefficient (Wildman–Crippen LogP) is 3.23. The third-order valence-electron chi connectivity index (χ3n) is 7.33. The van der Waals surface area contributed by atoms with Crippen molar-refractivity contribution in [2.75, 3.05) is 6.54 Å². The van der Waals surface area contributed by atoms with E-state index in [-0.39, 0.29) is 22.5 Å². The van der Waals surface area contributed by atoms with Crippen LogP contribution in [0, 0.1) is 28.6 Å².